The molecule has 0 aromatic heterocycles. The first-order chi connectivity index (χ1) is 9.54. The van der Waals surface area contributed by atoms with Crippen LogP contribution >= 0.6 is 0 Å². The number of likely N-dealkylation sites (N-methyl/N-ethyl adjacent to an activating group) is 2. The Kier molecular flexibility index (Phi) is 6.99. The lowest BCUT2D eigenvalue weighted by atomic mass is 9.78. The summed E-state index contributed by atoms with van der Waals surface area (Å²) in [5, 5.41) is 0. The van der Waals surface area contributed by atoms with E-state index in [4.69, 9.17) is 5.73 Å². The maximum absolute atomic E-state index is 12.5. The standard InChI is InChI=1S/C15H29N3O2/c1-4-18(5-2)14(19)11-17(3)15(20)13-9-7-6-8-12(13)10-16/h12-13H,4-11,16H2,1-3H3. The SMILES string of the molecule is CCN(CC)C(=O)CN(C)C(=O)C1CCCCC1CN. The van der Waals surface area contributed by atoms with Crippen LogP contribution in [0.2, 0.25) is 0 Å². The molecule has 1 aliphatic carbocycles. The van der Waals surface area contributed by atoms with E-state index < -0.39 is 0 Å². The molecule has 0 saturated heterocycles. The number of hydrogen-bond acceptors (Lipinski definition) is 3. The molecule has 0 aliphatic heterocycles. The average Bonchev–Trinajstić information content (AvgIpc) is 2.47. The summed E-state index contributed by atoms with van der Waals surface area (Å²) in [7, 11) is 1.73. The first kappa shape index (κ1) is 17.0. The van der Waals surface area contributed by atoms with Crippen LogP contribution in [0.15, 0.2) is 0 Å². The van der Waals surface area contributed by atoms with Crippen molar-refractivity contribution in [3.8, 4) is 0 Å². The van der Waals surface area contributed by atoms with Gasteiger partial charge in [-0.25, -0.2) is 0 Å². The number of nitrogens with zero attached hydrogens (tertiary/aromatic N) is 2. The van der Waals surface area contributed by atoms with Crippen LogP contribution < -0.4 is 5.73 Å². The molecule has 0 heterocycles. The van der Waals surface area contributed by atoms with Crippen LogP contribution in [0.4, 0.5) is 0 Å². The number of nitrogens with two attached hydrogens (primary N) is 1. The molecule has 1 aliphatic rings. The summed E-state index contributed by atoms with van der Waals surface area (Å²) in [6.07, 6.45) is 4.19. The van der Waals surface area contributed by atoms with Gasteiger partial charge in [0, 0.05) is 26.1 Å². The van der Waals surface area contributed by atoms with Crippen LogP contribution in [-0.2, 0) is 9.59 Å². The number of carbonyl (C=O) groups excluding carboxylic acids is 2. The first-order valence-electron chi connectivity index (χ1n) is 7.77. The van der Waals surface area contributed by atoms with Gasteiger partial charge < -0.3 is 15.5 Å². The second-order valence-corrected chi connectivity index (χ2v) is 5.65. The largest absolute Gasteiger partial charge is 0.342 e. The van der Waals surface area contributed by atoms with Crippen LogP contribution in [0.3, 0.4) is 0 Å². The summed E-state index contributed by atoms with van der Waals surface area (Å²) < 4.78 is 0. The quantitative estimate of drug-likeness (QED) is 0.793. The molecule has 0 radical (unpaired) electrons. The molecule has 2 N–H and O–H groups in total. The van der Waals surface area contributed by atoms with E-state index in [0.717, 1.165) is 25.7 Å². The highest BCUT2D eigenvalue weighted by atomic mass is 16.2. The zero-order valence-electron chi connectivity index (χ0n) is 13.1. The van der Waals surface area contributed by atoms with Crippen molar-refractivity contribution < 1.29 is 9.59 Å². The fraction of sp³-hybridized carbons (Fsp3) is 0.867. The zero-order chi connectivity index (χ0) is 15.1. The van der Waals surface area contributed by atoms with Gasteiger partial charge in [-0.2, -0.15) is 0 Å². The highest BCUT2D eigenvalue weighted by Gasteiger charge is 2.32. The Balaban J connectivity index is 2.59. The second-order valence-electron chi connectivity index (χ2n) is 5.65. The third kappa shape index (κ3) is 4.20. The van der Waals surface area contributed by atoms with Crippen molar-refractivity contribution in [2.75, 3.05) is 33.2 Å². The fourth-order valence-electron chi connectivity index (χ4n) is 3.06. The molecule has 5 heteroatoms. The molecule has 1 fully saturated rings. The smallest absolute Gasteiger partial charge is 0.242 e. The Morgan fingerprint density at radius 2 is 1.75 bits per heavy atom. The lowest BCUT2D eigenvalue weighted by Gasteiger charge is -2.33. The highest BCUT2D eigenvalue weighted by Crippen LogP contribution is 2.30. The van der Waals surface area contributed by atoms with Gasteiger partial charge in [0.25, 0.3) is 0 Å². The summed E-state index contributed by atoms with van der Waals surface area (Å²) >= 11 is 0. The van der Waals surface area contributed by atoms with Crippen molar-refractivity contribution in [1.29, 1.82) is 0 Å². The summed E-state index contributed by atoms with van der Waals surface area (Å²) in [6, 6.07) is 0. The Bertz CT molecular complexity index is 329. The second kappa shape index (κ2) is 8.25. The molecule has 1 saturated carbocycles. The monoisotopic (exact) mass is 283 g/mol. The minimum Gasteiger partial charge on any atom is -0.342 e. The van der Waals surface area contributed by atoms with E-state index in [-0.39, 0.29) is 30.2 Å². The van der Waals surface area contributed by atoms with Gasteiger partial charge >= 0.3 is 0 Å². The van der Waals surface area contributed by atoms with E-state index in [1.807, 2.05) is 13.8 Å². The molecule has 2 atom stereocenters. The zero-order valence-corrected chi connectivity index (χ0v) is 13.1. The van der Waals surface area contributed by atoms with Crippen molar-refractivity contribution in [3.05, 3.63) is 0 Å². The van der Waals surface area contributed by atoms with Crippen molar-refractivity contribution in [1.82, 2.24) is 9.80 Å². The third-order valence-electron chi connectivity index (χ3n) is 4.39. The topological polar surface area (TPSA) is 66.6 Å². The minimum atomic E-state index is 0.00301. The van der Waals surface area contributed by atoms with Crippen LogP contribution in [-0.4, -0.2) is 54.8 Å². The molecule has 2 unspecified atom stereocenters. The van der Waals surface area contributed by atoms with E-state index in [1.165, 1.54) is 0 Å². The summed E-state index contributed by atoms with van der Waals surface area (Å²) in [4.78, 5) is 27.9. The molecule has 0 spiro atoms. The van der Waals surface area contributed by atoms with E-state index in [1.54, 1.807) is 16.8 Å². The lowest BCUT2D eigenvalue weighted by molar-refractivity contribution is -0.143. The van der Waals surface area contributed by atoms with Gasteiger partial charge in [0.2, 0.25) is 11.8 Å². The van der Waals surface area contributed by atoms with Crippen LogP contribution in [0.5, 0.6) is 0 Å². The van der Waals surface area contributed by atoms with E-state index in [2.05, 4.69) is 0 Å². The van der Waals surface area contributed by atoms with Gasteiger partial charge in [0.15, 0.2) is 0 Å². The summed E-state index contributed by atoms with van der Waals surface area (Å²) in [5.74, 6) is 0.386. The molecule has 5 nitrogen and oxygen atoms in total. The maximum Gasteiger partial charge on any atom is 0.242 e. The molecular weight excluding hydrogens is 254 g/mol. The van der Waals surface area contributed by atoms with Crippen molar-refractivity contribution in [2.24, 2.45) is 17.6 Å². The van der Waals surface area contributed by atoms with Crippen LogP contribution in [0.1, 0.15) is 39.5 Å². The third-order valence-corrected chi connectivity index (χ3v) is 4.39. The van der Waals surface area contributed by atoms with Crippen molar-refractivity contribution in [2.45, 2.75) is 39.5 Å². The predicted molar refractivity (Wildman–Crippen MR) is 80.1 cm³/mol. The Morgan fingerprint density at radius 3 is 2.30 bits per heavy atom. The minimum absolute atomic E-state index is 0.00301. The van der Waals surface area contributed by atoms with Gasteiger partial charge in [-0.15, -0.1) is 0 Å². The lowest BCUT2D eigenvalue weighted by Crippen LogP contribution is -2.45. The highest BCUT2D eigenvalue weighted by molar-refractivity contribution is 5.86. The summed E-state index contributed by atoms with van der Waals surface area (Å²) in [6.45, 7) is 6.02. The normalized spacial score (nSPS) is 22.4. The van der Waals surface area contributed by atoms with E-state index in [9.17, 15) is 9.59 Å². The molecule has 0 bridgehead atoms. The fourth-order valence-corrected chi connectivity index (χ4v) is 3.06. The summed E-state index contributed by atoms with van der Waals surface area (Å²) in [5.41, 5.74) is 5.78. The van der Waals surface area contributed by atoms with Gasteiger partial charge in [-0.05, 0) is 39.2 Å². The van der Waals surface area contributed by atoms with Gasteiger partial charge in [-0.3, -0.25) is 9.59 Å². The average molecular weight is 283 g/mol. The maximum atomic E-state index is 12.5. The van der Waals surface area contributed by atoms with Crippen molar-refractivity contribution >= 4 is 11.8 Å². The molecule has 0 aromatic carbocycles. The Labute approximate surface area is 122 Å². The Hall–Kier alpha value is -1.10. The molecular formula is C15H29N3O2. The molecule has 2 amide bonds. The number of carbonyl (C=O) groups is 2. The molecule has 20 heavy (non-hydrogen) atoms. The number of rotatable bonds is 6. The predicted octanol–water partition coefficient (Wildman–Crippen LogP) is 1.08. The number of hydrogen-bond donors (Lipinski definition) is 1. The molecule has 0 aromatic rings. The van der Waals surface area contributed by atoms with E-state index >= 15 is 0 Å². The Morgan fingerprint density at radius 1 is 1.15 bits per heavy atom. The van der Waals surface area contributed by atoms with Gasteiger partial charge in [0.1, 0.15) is 0 Å². The van der Waals surface area contributed by atoms with Crippen LogP contribution in [0, 0.1) is 11.8 Å². The van der Waals surface area contributed by atoms with Gasteiger partial charge in [0.05, 0.1) is 6.54 Å². The van der Waals surface area contributed by atoms with Crippen molar-refractivity contribution in [3.63, 3.8) is 0 Å². The molecule has 1 rings (SSSR count). The van der Waals surface area contributed by atoms with Gasteiger partial charge in [-0.1, -0.05) is 12.8 Å². The van der Waals surface area contributed by atoms with Crippen LogP contribution in [0.25, 0.3) is 0 Å². The number of amides is 2. The molecule has 116 valence electrons. The van der Waals surface area contributed by atoms with E-state index in [0.29, 0.717) is 19.6 Å². The first-order valence-corrected chi connectivity index (χ1v) is 7.77.